The highest BCUT2D eigenvalue weighted by molar-refractivity contribution is 5.45. The van der Waals surface area contributed by atoms with Gasteiger partial charge in [0.15, 0.2) is 5.82 Å². The lowest BCUT2D eigenvalue weighted by Crippen LogP contribution is -2.43. The molecule has 1 saturated heterocycles. The predicted molar refractivity (Wildman–Crippen MR) is 86.4 cm³/mol. The van der Waals surface area contributed by atoms with Crippen LogP contribution in [0.15, 0.2) is 42.7 Å². The van der Waals surface area contributed by atoms with Crippen molar-refractivity contribution in [2.24, 2.45) is 0 Å². The molecule has 0 saturated carbocycles. The fraction of sp³-hybridized carbons (Fsp3) is 0.412. The Bertz CT molecular complexity index is 609. The van der Waals surface area contributed by atoms with E-state index in [4.69, 9.17) is 14.2 Å². The van der Waals surface area contributed by atoms with Gasteiger partial charge in [0.05, 0.1) is 26.4 Å². The topological polar surface area (TPSA) is 65.5 Å². The van der Waals surface area contributed by atoms with Crippen molar-refractivity contribution in [2.75, 3.05) is 25.6 Å². The van der Waals surface area contributed by atoms with Crippen LogP contribution in [0.2, 0.25) is 0 Å². The summed E-state index contributed by atoms with van der Waals surface area (Å²) in [5.74, 6) is 1.12. The summed E-state index contributed by atoms with van der Waals surface area (Å²) in [6.07, 6.45) is 4.05. The van der Waals surface area contributed by atoms with Crippen molar-refractivity contribution in [3.63, 3.8) is 0 Å². The smallest absolute Gasteiger partial charge is 0.257 e. The molecule has 0 amide bonds. The van der Waals surface area contributed by atoms with E-state index in [2.05, 4.69) is 27.4 Å². The normalized spacial score (nSPS) is 20.9. The van der Waals surface area contributed by atoms with E-state index in [9.17, 15) is 0 Å². The number of hydrogen-bond donors (Lipinski definition) is 1. The molecule has 6 nitrogen and oxygen atoms in total. The van der Waals surface area contributed by atoms with Crippen molar-refractivity contribution in [2.45, 2.75) is 25.2 Å². The second-order valence-corrected chi connectivity index (χ2v) is 5.36. The summed E-state index contributed by atoms with van der Waals surface area (Å²) in [5, 5.41) is 3.38. The summed E-state index contributed by atoms with van der Waals surface area (Å²) in [7, 11) is 1.59. The summed E-state index contributed by atoms with van der Waals surface area (Å²) in [4.78, 5) is 8.46. The molecule has 23 heavy (non-hydrogen) atoms. The van der Waals surface area contributed by atoms with Gasteiger partial charge in [0.1, 0.15) is 6.10 Å². The van der Waals surface area contributed by atoms with Crippen LogP contribution in [0.3, 0.4) is 0 Å². The lowest BCUT2D eigenvalue weighted by molar-refractivity contribution is -0.0638. The minimum Gasteiger partial charge on any atom is -0.478 e. The molecule has 0 radical (unpaired) electrons. The third kappa shape index (κ3) is 4.18. The van der Waals surface area contributed by atoms with E-state index in [1.165, 1.54) is 0 Å². The Hall–Kier alpha value is -2.18. The van der Waals surface area contributed by atoms with Gasteiger partial charge >= 0.3 is 0 Å². The number of benzene rings is 1. The Labute approximate surface area is 135 Å². The molecule has 0 bridgehead atoms. The summed E-state index contributed by atoms with van der Waals surface area (Å²) in [5.41, 5.74) is 1.15. The number of hydrogen-bond acceptors (Lipinski definition) is 6. The number of methoxy groups -OCH3 is 1. The zero-order valence-corrected chi connectivity index (χ0v) is 13.1. The fourth-order valence-electron chi connectivity index (χ4n) is 2.57. The predicted octanol–water partition coefficient (Wildman–Crippen LogP) is 2.27. The fourth-order valence-corrected chi connectivity index (χ4v) is 2.57. The van der Waals surface area contributed by atoms with Gasteiger partial charge in [-0.2, -0.15) is 0 Å². The number of anilines is 1. The van der Waals surface area contributed by atoms with Gasteiger partial charge in [-0.1, -0.05) is 30.3 Å². The quantitative estimate of drug-likeness (QED) is 0.882. The summed E-state index contributed by atoms with van der Waals surface area (Å²) >= 11 is 0. The van der Waals surface area contributed by atoms with E-state index in [-0.39, 0.29) is 12.1 Å². The van der Waals surface area contributed by atoms with Crippen LogP contribution in [0, 0.1) is 0 Å². The SMILES string of the molecule is COc1nccnc1N[C@@H]1CCOC[C@H]1OCc1ccccc1. The maximum atomic E-state index is 6.05. The number of rotatable bonds is 6. The van der Waals surface area contributed by atoms with Gasteiger partial charge in [0.25, 0.3) is 5.88 Å². The van der Waals surface area contributed by atoms with Gasteiger partial charge in [0.2, 0.25) is 0 Å². The van der Waals surface area contributed by atoms with Crippen molar-refractivity contribution in [3.05, 3.63) is 48.3 Å². The third-order valence-electron chi connectivity index (χ3n) is 3.79. The van der Waals surface area contributed by atoms with Crippen molar-refractivity contribution < 1.29 is 14.2 Å². The van der Waals surface area contributed by atoms with Crippen LogP contribution >= 0.6 is 0 Å². The van der Waals surface area contributed by atoms with Crippen LogP contribution in [0.1, 0.15) is 12.0 Å². The molecule has 0 spiro atoms. The Morgan fingerprint density at radius 3 is 2.87 bits per heavy atom. The number of nitrogens with zero attached hydrogens (tertiary/aromatic N) is 2. The lowest BCUT2D eigenvalue weighted by Gasteiger charge is -2.32. The average Bonchev–Trinajstić information content (AvgIpc) is 2.62. The van der Waals surface area contributed by atoms with Crippen molar-refractivity contribution >= 4 is 5.82 Å². The van der Waals surface area contributed by atoms with E-state index in [0.29, 0.717) is 31.5 Å². The van der Waals surface area contributed by atoms with Gasteiger partial charge in [-0.3, -0.25) is 0 Å². The minimum atomic E-state index is -0.0457. The monoisotopic (exact) mass is 315 g/mol. The first kappa shape index (κ1) is 15.7. The van der Waals surface area contributed by atoms with Gasteiger partial charge in [-0.25, -0.2) is 9.97 Å². The molecule has 1 aliphatic rings. The minimum absolute atomic E-state index is 0.0457. The lowest BCUT2D eigenvalue weighted by atomic mass is 10.1. The third-order valence-corrected chi connectivity index (χ3v) is 3.79. The van der Waals surface area contributed by atoms with Crippen LogP contribution in [-0.2, 0) is 16.1 Å². The number of aromatic nitrogens is 2. The first-order chi connectivity index (χ1) is 11.4. The van der Waals surface area contributed by atoms with E-state index in [1.807, 2.05) is 18.2 Å². The Balaban J connectivity index is 1.64. The molecule has 1 N–H and O–H groups in total. The summed E-state index contributed by atoms with van der Waals surface area (Å²) < 4.78 is 16.9. The zero-order valence-electron chi connectivity index (χ0n) is 13.1. The average molecular weight is 315 g/mol. The molecule has 1 fully saturated rings. The molecule has 2 aromatic rings. The standard InChI is InChI=1S/C17H21N3O3/c1-21-17-16(18-8-9-19-17)20-14-7-10-22-12-15(14)23-11-13-5-3-2-4-6-13/h2-6,8-9,14-15H,7,10-12H2,1H3,(H,18,20)/t14-,15-/m1/s1. The molecule has 122 valence electrons. The first-order valence-electron chi connectivity index (χ1n) is 7.71. The molecule has 1 aromatic heterocycles. The van der Waals surface area contributed by atoms with Gasteiger partial charge in [-0.15, -0.1) is 0 Å². The molecule has 2 atom stereocenters. The highest BCUT2D eigenvalue weighted by Crippen LogP contribution is 2.22. The zero-order chi connectivity index (χ0) is 15.9. The van der Waals surface area contributed by atoms with Gasteiger partial charge in [-0.05, 0) is 12.0 Å². The van der Waals surface area contributed by atoms with Crippen molar-refractivity contribution in [1.82, 2.24) is 9.97 Å². The maximum Gasteiger partial charge on any atom is 0.257 e. The molecule has 0 aliphatic carbocycles. The highest BCUT2D eigenvalue weighted by Gasteiger charge is 2.27. The molecule has 0 unspecified atom stereocenters. The maximum absolute atomic E-state index is 6.05. The Morgan fingerprint density at radius 2 is 2.04 bits per heavy atom. The van der Waals surface area contributed by atoms with Crippen molar-refractivity contribution in [3.8, 4) is 5.88 Å². The number of nitrogens with one attached hydrogen (secondary N) is 1. The van der Waals surface area contributed by atoms with E-state index >= 15 is 0 Å². The van der Waals surface area contributed by atoms with Crippen LogP contribution in [0.4, 0.5) is 5.82 Å². The second kappa shape index (κ2) is 7.89. The Kier molecular flexibility index (Phi) is 5.39. The van der Waals surface area contributed by atoms with Crippen LogP contribution in [-0.4, -0.2) is 42.4 Å². The van der Waals surface area contributed by atoms with Crippen LogP contribution < -0.4 is 10.1 Å². The summed E-state index contributed by atoms with van der Waals surface area (Å²) in [6.45, 7) is 1.82. The second-order valence-electron chi connectivity index (χ2n) is 5.36. The molecule has 3 rings (SSSR count). The molecular weight excluding hydrogens is 294 g/mol. The molecule has 2 heterocycles. The van der Waals surface area contributed by atoms with E-state index in [1.54, 1.807) is 19.5 Å². The Morgan fingerprint density at radius 1 is 1.22 bits per heavy atom. The summed E-state index contributed by atoms with van der Waals surface area (Å²) in [6, 6.07) is 10.2. The largest absolute Gasteiger partial charge is 0.478 e. The van der Waals surface area contributed by atoms with E-state index < -0.39 is 0 Å². The van der Waals surface area contributed by atoms with Gasteiger partial charge < -0.3 is 19.5 Å². The number of ether oxygens (including phenoxy) is 3. The molecule has 1 aliphatic heterocycles. The van der Waals surface area contributed by atoms with Gasteiger partial charge in [0, 0.05) is 19.0 Å². The van der Waals surface area contributed by atoms with Crippen LogP contribution in [0.5, 0.6) is 5.88 Å². The van der Waals surface area contributed by atoms with Crippen LogP contribution in [0.25, 0.3) is 0 Å². The van der Waals surface area contributed by atoms with E-state index in [0.717, 1.165) is 12.0 Å². The highest BCUT2D eigenvalue weighted by atomic mass is 16.5. The molecule has 1 aromatic carbocycles. The van der Waals surface area contributed by atoms with Crippen molar-refractivity contribution in [1.29, 1.82) is 0 Å². The first-order valence-corrected chi connectivity index (χ1v) is 7.71. The molecule has 6 heteroatoms. The molecular formula is C17H21N3O3.